The summed E-state index contributed by atoms with van der Waals surface area (Å²) in [5, 5.41) is 0. The zero-order chi connectivity index (χ0) is 20.5. The lowest BCUT2D eigenvalue weighted by atomic mass is 10.0. The number of benzene rings is 1. The molecule has 0 aliphatic carbocycles. The number of aryl methyl sites for hydroxylation is 2. The number of hydrogen-bond donors (Lipinski definition) is 0. The molecule has 8 heteroatoms. The summed E-state index contributed by atoms with van der Waals surface area (Å²) in [4.78, 5) is 11.1. The number of nitrogens with zero attached hydrogens (tertiary/aromatic N) is 4. The molecule has 1 aliphatic rings. The maximum Gasteiger partial charge on any atom is 0.243 e. The second-order valence-corrected chi connectivity index (χ2v) is 9.29. The Kier molecular flexibility index (Phi) is 5.90. The van der Waals surface area contributed by atoms with Gasteiger partial charge in [0.15, 0.2) is 0 Å². The van der Waals surface area contributed by atoms with Crippen molar-refractivity contribution in [2.75, 3.05) is 38.2 Å². The zero-order valence-electron chi connectivity index (χ0n) is 17.1. The van der Waals surface area contributed by atoms with Crippen molar-refractivity contribution in [3.63, 3.8) is 0 Å². The first-order chi connectivity index (χ1) is 13.2. The third-order valence-corrected chi connectivity index (χ3v) is 7.11. The number of ether oxygens (including phenoxy) is 1. The number of rotatable bonds is 5. The fraction of sp³-hybridized carbons (Fsp3) is 0.500. The third-order valence-electron chi connectivity index (χ3n) is 5.07. The lowest BCUT2D eigenvalue weighted by Gasteiger charge is -2.35. The molecular formula is C20H28N4O3S. The minimum atomic E-state index is -3.53. The van der Waals surface area contributed by atoms with Crippen LogP contribution in [-0.2, 0) is 10.0 Å². The summed E-state index contributed by atoms with van der Waals surface area (Å²) in [6.45, 7) is 9.78. The van der Waals surface area contributed by atoms with E-state index in [2.05, 4.69) is 28.7 Å². The Morgan fingerprint density at radius 2 is 1.71 bits per heavy atom. The van der Waals surface area contributed by atoms with E-state index in [9.17, 15) is 8.42 Å². The average Bonchev–Trinajstić information content (AvgIpc) is 2.67. The van der Waals surface area contributed by atoms with Crippen LogP contribution in [0.15, 0.2) is 29.2 Å². The van der Waals surface area contributed by atoms with Crippen molar-refractivity contribution in [3.05, 3.63) is 41.2 Å². The first-order valence-corrected chi connectivity index (χ1v) is 10.9. The first-order valence-electron chi connectivity index (χ1n) is 9.47. The highest BCUT2D eigenvalue weighted by Crippen LogP contribution is 2.26. The molecule has 0 atom stereocenters. The van der Waals surface area contributed by atoms with Gasteiger partial charge in [0.2, 0.25) is 15.9 Å². The molecule has 1 aliphatic heterocycles. The van der Waals surface area contributed by atoms with Crippen LogP contribution in [0.2, 0.25) is 0 Å². The van der Waals surface area contributed by atoms with Crippen molar-refractivity contribution in [1.29, 1.82) is 0 Å². The third kappa shape index (κ3) is 4.12. The summed E-state index contributed by atoms with van der Waals surface area (Å²) >= 11 is 0. The van der Waals surface area contributed by atoms with Gasteiger partial charge in [-0.2, -0.15) is 9.29 Å². The second kappa shape index (κ2) is 8.05. The highest BCUT2D eigenvalue weighted by molar-refractivity contribution is 7.89. The summed E-state index contributed by atoms with van der Waals surface area (Å²) < 4.78 is 33.3. The maximum absolute atomic E-state index is 13.2. The quantitative estimate of drug-likeness (QED) is 0.763. The summed E-state index contributed by atoms with van der Waals surface area (Å²) in [6.07, 6.45) is 0. The van der Waals surface area contributed by atoms with Gasteiger partial charge in [-0.25, -0.2) is 13.4 Å². The number of anilines is 1. The van der Waals surface area contributed by atoms with Crippen LogP contribution >= 0.6 is 0 Å². The summed E-state index contributed by atoms with van der Waals surface area (Å²) in [5.74, 6) is 2.19. The fourth-order valence-corrected chi connectivity index (χ4v) is 5.02. The second-order valence-electron chi connectivity index (χ2n) is 7.39. The number of sulfonamides is 1. The Morgan fingerprint density at radius 1 is 1.04 bits per heavy atom. The molecule has 152 valence electrons. The first kappa shape index (κ1) is 20.5. The minimum Gasteiger partial charge on any atom is -0.481 e. The molecule has 0 saturated carbocycles. The molecule has 0 spiro atoms. The van der Waals surface area contributed by atoms with Gasteiger partial charge in [0.05, 0.1) is 12.0 Å². The Hall–Kier alpha value is -2.19. The Labute approximate surface area is 167 Å². The van der Waals surface area contributed by atoms with Crippen molar-refractivity contribution >= 4 is 15.8 Å². The topological polar surface area (TPSA) is 75.6 Å². The predicted octanol–water partition coefficient (Wildman–Crippen LogP) is 2.74. The maximum atomic E-state index is 13.2. The van der Waals surface area contributed by atoms with Crippen LogP contribution in [0.5, 0.6) is 5.88 Å². The Bertz CT molecular complexity index is 952. The molecule has 3 rings (SSSR count). The van der Waals surface area contributed by atoms with Gasteiger partial charge in [-0.3, -0.25) is 0 Å². The van der Waals surface area contributed by atoms with E-state index in [1.165, 1.54) is 0 Å². The lowest BCUT2D eigenvalue weighted by molar-refractivity contribution is 0.380. The molecule has 0 N–H and O–H groups in total. The van der Waals surface area contributed by atoms with Crippen molar-refractivity contribution in [2.45, 2.75) is 38.5 Å². The molecule has 0 amide bonds. The molecule has 7 nitrogen and oxygen atoms in total. The van der Waals surface area contributed by atoms with Crippen molar-refractivity contribution in [1.82, 2.24) is 14.3 Å². The van der Waals surface area contributed by atoms with E-state index in [0.717, 1.165) is 16.9 Å². The average molecular weight is 405 g/mol. The highest BCUT2D eigenvalue weighted by atomic mass is 32.2. The Balaban J connectivity index is 1.79. The molecule has 0 bridgehead atoms. The van der Waals surface area contributed by atoms with Crippen LogP contribution in [0.4, 0.5) is 5.82 Å². The van der Waals surface area contributed by atoms with E-state index in [1.807, 2.05) is 32.0 Å². The normalized spacial score (nSPS) is 15.9. The minimum absolute atomic E-state index is 0.280. The van der Waals surface area contributed by atoms with Gasteiger partial charge in [0.25, 0.3) is 0 Å². The van der Waals surface area contributed by atoms with E-state index in [-0.39, 0.29) is 5.92 Å². The highest BCUT2D eigenvalue weighted by Gasteiger charge is 2.30. The zero-order valence-corrected chi connectivity index (χ0v) is 18.0. The molecule has 28 heavy (non-hydrogen) atoms. The molecule has 1 fully saturated rings. The molecule has 2 aromatic rings. The molecule has 1 saturated heterocycles. The standard InChI is InChI=1S/C20H28N4O3S/c1-14(2)17-7-6-15(3)18(12-17)28(25,26)24-10-8-23(9-11-24)19-13-20(27-5)22-16(4)21-19/h6-7,12-14H,8-11H2,1-5H3. The van der Waals surface area contributed by atoms with Crippen molar-refractivity contribution in [2.24, 2.45) is 0 Å². The van der Waals surface area contributed by atoms with Gasteiger partial charge in [-0.15, -0.1) is 0 Å². The molecule has 1 aromatic heterocycles. The summed E-state index contributed by atoms with van der Waals surface area (Å²) in [6, 6.07) is 7.50. The van der Waals surface area contributed by atoms with Gasteiger partial charge in [0, 0.05) is 32.2 Å². The number of piperazine rings is 1. The molecule has 2 heterocycles. The van der Waals surface area contributed by atoms with Crippen molar-refractivity contribution < 1.29 is 13.2 Å². The molecule has 0 radical (unpaired) electrons. The van der Waals surface area contributed by atoms with Gasteiger partial charge in [0.1, 0.15) is 11.6 Å². The number of aromatic nitrogens is 2. The van der Waals surface area contributed by atoms with Crippen LogP contribution in [0.3, 0.4) is 0 Å². The predicted molar refractivity (Wildman–Crippen MR) is 110 cm³/mol. The van der Waals surface area contributed by atoms with Crippen LogP contribution in [0.25, 0.3) is 0 Å². The van der Waals surface area contributed by atoms with Crippen LogP contribution in [0.1, 0.15) is 36.7 Å². The molecule has 1 aromatic carbocycles. The lowest BCUT2D eigenvalue weighted by Crippen LogP contribution is -2.49. The molecular weight excluding hydrogens is 376 g/mol. The summed E-state index contributed by atoms with van der Waals surface area (Å²) in [5.41, 5.74) is 1.81. The monoisotopic (exact) mass is 404 g/mol. The number of methoxy groups -OCH3 is 1. The number of hydrogen-bond acceptors (Lipinski definition) is 6. The largest absolute Gasteiger partial charge is 0.481 e. The van der Waals surface area contributed by atoms with E-state index < -0.39 is 10.0 Å². The Morgan fingerprint density at radius 3 is 2.32 bits per heavy atom. The van der Waals surface area contributed by atoms with E-state index in [1.54, 1.807) is 17.5 Å². The SMILES string of the molecule is COc1cc(N2CCN(S(=O)(=O)c3cc(C(C)C)ccc3C)CC2)nc(C)n1. The van der Waals surface area contributed by atoms with Crippen LogP contribution in [-0.4, -0.2) is 56.0 Å². The summed E-state index contributed by atoms with van der Waals surface area (Å²) in [7, 11) is -1.95. The van der Waals surface area contributed by atoms with E-state index in [0.29, 0.717) is 42.8 Å². The van der Waals surface area contributed by atoms with Gasteiger partial charge in [-0.1, -0.05) is 26.0 Å². The van der Waals surface area contributed by atoms with Crippen molar-refractivity contribution in [3.8, 4) is 5.88 Å². The van der Waals surface area contributed by atoms with Gasteiger partial charge in [-0.05, 0) is 37.0 Å². The smallest absolute Gasteiger partial charge is 0.243 e. The molecule has 0 unspecified atom stereocenters. The van der Waals surface area contributed by atoms with Crippen LogP contribution in [0, 0.1) is 13.8 Å². The fourth-order valence-electron chi connectivity index (χ4n) is 3.34. The van der Waals surface area contributed by atoms with E-state index >= 15 is 0 Å². The van der Waals surface area contributed by atoms with Gasteiger partial charge >= 0.3 is 0 Å². The van der Waals surface area contributed by atoms with Crippen LogP contribution < -0.4 is 9.64 Å². The van der Waals surface area contributed by atoms with E-state index in [4.69, 9.17) is 4.74 Å². The van der Waals surface area contributed by atoms with Gasteiger partial charge < -0.3 is 9.64 Å².